The number of carbonyl (C=O) groups excluding carboxylic acids is 1. The lowest BCUT2D eigenvalue weighted by atomic mass is 9.82. The average molecular weight is 244 g/mol. The Hall–Kier alpha value is -1.57. The van der Waals surface area contributed by atoms with Crippen molar-refractivity contribution in [3.8, 4) is 5.75 Å². The summed E-state index contributed by atoms with van der Waals surface area (Å²) in [6.07, 6.45) is 5.80. The van der Waals surface area contributed by atoms with Crippen molar-refractivity contribution in [1.82, 2.24) is 0 Å². The predicted octanol–water partition coefficient (Wildman–Crippen LogP) is 3.86. The summed E-state index contributed by atoms with van der Waals surface area (Å²) in [5, 5.41) is 0. The van der Waals surface area contributed by atoms with Gasteiger partial charge in [-0.15, -0.1) is 0 Å². The van der Waals surface area contributed by atoms with E-state index in [1.54, 1.807) is 7.11 Å². The molecule has 0 aromatic heterocycles. The lowest BCUT2D eigenvalue weighted by Gasteiger charge is -2.22. The molecule has 1 unspecified atom stereocenters. The van der Waals surface area contributed by atoms with Gasteiger partial charge in [-0.2, -0.15) is 0 Å². The van der Waals surface area contributed by atoms with E-state index in [1.165, 1.54) is 0 Å². The van der Waals surface area contributed by atoms with Gasteiger partial charge in [0.05, 0.1) is 7.11 Å². The molecule has 1 aromatic rings. The Bertz CT molecular complexity index is 460. The van der Waals surface area contributed by atoms with Crippen LogP contribution < -0.4 is 4.74 Å². The molecule has 2 nitrogen and oxygen atoms in total. The van der Waals surface area contributed by atoms with E-state index in [9.17, 15) is 4.79 Å². The third-order valence-electron chi connectivity index (χ3n) is 3.69. The summed E-state index contributed by atoms with van der Waals surface area (Å²) in [4.78, 5) is 12.0. The fraction of sp³-hybridized carbons (Fsp3) is 0.438. The first-order valence-corrected chi connectivity index (χ1v) is 6.61. The maximum absolute atomic E-state index is 12.0. The zero-order chi connectivity index (χ0) is 13.0. The smallest absolute Gasteiger partial charge is 0.158 e. The molecule has 0 saturated heterocycles. The highest BCUT2D eigenvalue weighted by atomic mass is 16.5. The number of hydrogen-bond acceptors (Lipinski definition) is 2. The monoisotopic (exact) mass is 244 g/mol. The minimum Gasteiger partial charge on any atom is -0.496 e. The predicted molar refractivity (Wildman–Crippen MR) is 73.6 cm³/mol. The van der Waals surface area contributed by atoms with Gasteiger partial charge in [0.15, 0.2) is 5.78 Å². The Labute approximate surface area is 109 Å². The van der Waals surface area contributed by atoms with E-state index in [-0.39, 0.29) is 0 Å². The molecular formula is C16H20O2. The zero-order valence-corrected chi connectivity index (χ0v) is 11.1. The van der Waals surface area contributed by atoms with Gasteiger partial charge in [-0.3, -0.25) is 4.79 Å². The van der Waals surface area contributed by atoms with Crippen LogP contribution in [0.2, 0.25) is 0 Å². The van der Waals surface area contributed by atoms with Gasteiger partial charge in [-0.1, -0.05) is 31.5 Å². The Balaban J connectivity index is 2.27. The number of allylic oxidation sites excluding steroid dienone is 1. The topological polar surface area (TPSA) is 26.3 Å². The number of ketones is 1. The van der Waals surface area contributed by atoms with Gasteiger partial charge in [0, 0.05) is 12.0 Å². The molecular weight excluding hydrogens is 224 g/mol. The van der Waals surface area contributed by atoms with Gasteiger partial charge in [-0.05, 0) is 36.5 Å². The van der Waals surface area contributed by atoms with Gasteiger partial charge >= 0.3 is 0 Å². The molecule has 1 atom stereocenters. The third kappa shape index (κ3) is 2.81. The average Bonchev–Trinajstić information content (AvgIpc) is 2.42. The van der Waals surface area contributed by atoms with Crippen molar-refractivity contribution in [1.29, 1.82) is 0 Å². The van der Waals surface area contributed by atoms with Crippen LogP contribution in [-0.2, 0) is 4.79 Å². The third-order valence-corrected chi connectivity index (χ3v) is 3.69. The van der Waals surface area contributed by atoms with Crippen molar-refractivity contribution in [2.45, 2.75) is 32.6 Å². The van der Waals surface area contributed by atoms with Gasteiger partial charge in [-0.25, -0.2) is 0 Å². The van der Waals surface area contributed by atoms with Gasteiger partial charge in [0.25, 0.3) is 0 Å². The zero-order valence-electron chi connectivity index (χ0n) is 11.1. The number of Topliss-reactive ketones (excluding diaryl/α,β-unsaturated/α-hetero) is 1. The molecule has 1 fully saturated rings. The molecule has 0 bridgehead atoms. The van der Waals surface area contributed by atoms with Crippen LogP contribution in [0.4, 0.5) is 0 Å². The van der Waals surface area contributed by atoms with Crippen LogP contribution in [-0.4, -0.2) is 12.9 Å². The standard InChI is InChI=1S/C16H20O2/c1-3-12-8-9-15(17)14(10-12)11-13-6-4-5-7-16(13)18-2/h4-7,11-12H,3,8-10H2,1-2H3. The van der Waals surface area contributed by atoms with Gasteiger partial charge < -0.3 is 4.74 Å². The number of methoxy groups -OCH3 is 1. The molecule has 0 heterocycles. The molecule has 0 aliphatic heterocycles. The van der Waals surface area contributed by atoms with Crippen LogP contribution in [0.1, 0.15) is 38.2 Å². The Morgan fingerprint density at radius 1 is 1.39 bits per heavy atom. The van der Waals surface area contributed by atoms with Crippen LogP contribution in [0.3, 0.4) is 0 Å². The quantitative estimate of drug-likeness (QED) is 0.755. The second kappa shape index (κ2) is 5.85. The number of hydrogen-bond donors (Lipinski definition) is 0. The van der Waals surface area contributed by atoms with Crippen molar-refractivity contribution in [2.75, 3.05) is 7.11 Å². The Morgan fingerprint density at radius 3 is 2.89 bits per heavy atom. The molecule has 1 aliphatic rings. The first-order valence-electron chi connectivity index (χ1n) is 6.61. The number of carbonyl (C=O) groups is 1. The normalized spacial score (nSPS) is 22.2. The van der Waals surface area contributed by atoms with E-state index in [0.717, 1.165) is 36.1 Å². The number of para-hydroxylation sites is 1. The van der Waals surface area contributed by atoms with Crippen molar-refractivity contribution >= 4 is 11.9 Å². The van der Waals surface area contributed by atoms with Crippen LogP contribution in [0.25, 0.3) is 6.08 Å². The largest absolute Gasteiger partial charge is 0.496 e. The minimum atomic E-state index is 0.297. The van der Waals surface area contributed by atoms with Crippen molar-refractivity contribution in [2.24, 2.45) is 5.92 Å². The molecule has 1 aliphatic carbocycles. The summed E-state index contributed by atoms with van der Waals surface area (Å²) in [5.41, 5.74) is 1.96. The first kappa shape index (κ1) is 12.9. The summed E-state index contributed by atoms with van der Waals surface area (Å²) in [6, 6.07) is 7.84. The molecule has 0 amide bonds. The Kier molecular flexibility index (Phi) is 4.19. The number of rotatable bonds is 3. The van der Waals surface area contributed by atoms with Crippen LogP contribution in [0, 0.1) is 5.92 Å². The second-order valence-electron chi connectivity index (χ2n) is 4.85. The molecule has 1 aromatic carbocycles. The van der Waals surface area contributed by atoms with Crippen molar-refractivity contribution in [3.05, 3.63) is 35.4 Å². The molecule has 18 heavy (non-hydrogen) atoms. The molecule has 0 N–H and O–H groups in total. The first-order chi connectivity index (χ1) is 8.74. The molecule has 96 valence electrons. The van der Waals surface area contributed by atoms with E-state index >= 15 is 0 Å². The minimum absolute atomic E-state index is 0.297. The lowest BCUT2D eigenvalue weighted by Crippen LogP contribution is -2.16. The highest BCUT2D eigenvalue weighted by Gasteiger charge is 2.22. The molecule has 0 spiro atoms. The summed E-state index contributed by atoms with van der Waals surface area (Å²) in [7, 11) is 1.66. The fourth-order valence-electron chi connectivity index (χ4n) is 2.48. The second-order valence-corrected chi connectivity index (χ2v) is 4.85. The highest BCUT2D eigenvalue weighted by molar-refractivity contribution is 6.00. The van der Waals surface area contributed by atoms with E-state index in [4.69, 9.17) is 4.74 Å². The van der Waals surface area contributed by atoms with Gasteiger partial charge in [0.2, 0.25) is 0 Å². The fourth-order valence-corrected chi connectivity index (χ4v) is 2.48. The molecule has 0 radical (unpaired) electrons. The molecule has 2 heteroatoms. The summed E-state index contributed by atoms with van der Waals surface area (Å²) < 4.78 is 5.32. The highest BCUT2D eigenvalue weighted by Crippen LogP contribution is 2.31. The van der Waals surface area contributed by atoms with E-state index < -0.39 is 0 Å². The maximum atomic E-state index is 12.0. The van der Waals surface area contributed by atoms with E-state index in [1.807, 2.05) is 30.3 Å². The van der Waals surface area contributed by atoms with Crippen LogP contribution in [0.5, 0.6) is 5.75 Å². The van der Waals surface area contributed by atoms with E-state index in [2.05, 4.69) is 6.92 Å². The maximum Gasteiger partial charge on any atom is 0.158 e. The van der Waals surface area contributed by atoms with Gasteiger partial charge in [0.1, 0.15) is 5.75 Å². The van der Waals surface area contributed by atoms with Crippen molar-refractivity contribution < 1.29 is 9.53 Å². The Morgan fingerprint density at radius 2 is 2.17 bits per heavy atom. The number of benzene rings is 1. The summed E-state index contributed by atoms with van der Waals surface area (Å²) in [5.74, 6) is 1.78. The summed E-state index contributed by atoms with van der Waals surface area (Å²) >= 11 is 0. The van der Waals surface area contributed by atoms with Crippen LogP contribution >= 0.6 is 0 Å². The van der Waals surface area contributed by atoms with Crippen LogP contribution in [0.15, 0.2) is 29.8 Å². The molecule has 2 rings (SSSR count). The number of ether oxygens (including phenoxy) is 1. The SMILES string of the molecule is CCC1CCC(=O)C(=Cc2ccccc2OC)C1. The van der Waals surface area contributed by atoms with E-state index in [0.29, 0.717) is 18.1 Å². The molecule has 1 saturated carbocycles. The summed E-state index contributed by atoms with van der Waals surface area (Å²) in [6.45, 7) is 2.20. The van der Waals surface area contributed by atoms with Crippen molar-refractivity contribution in [3.63, 3.8) is 0 Å². The lowest BCUT2D eigenvalue weighted by molar-refractivity contribution is -0.116.